The fourth-order valence-electron chi connectivity index (χ4n) is 5.36. The zero-order valence-electron chi connectivity index (χ0n) is 20.4. The molecule has 3 aliphatic rings. The van der Waals surface area contributed by atoms with Gasteiger partial charge in [-0.2, -0.15) is 0 Å². The monoisotopic (exact) mass is 476 g/mol. The number of ether oxygens (including phenoxy) is 2. The second-order valence-corrected chi connectivity index (χ2v) is 9.96. The summed E-state index contributed by atoms with van der Waals surface area (Å²) in [5, 5.41) is 0. The molecule has 2 fully saturated rings. The van der Waals surface area contributed by atoms with Gasteiger partial charge in [-0.15, -0.1) is 0 Å². The molecule has 2 aliphatic heterocycles. The first-order valence-electron chi connectivity index (χ1n) is 12.4. The molecule has 1 unspecified atom stereocenters. The summed E-state index contributed by atoms with van der Waals surface area (Å²) in [4.78, 5) is 41.1. The number of hydrogen-bond donors (Lipinski definition) is 0. The highest BCUT2D eigenvalue weighted by Gasteiger charge is 2.40. The standard InChI is InChI=1S/C28H32N2O5/c1-18-15-34-16-19(2)29(18)13-20-6-8-21(9-7-20)17-35-27-5-3-4-23-24(27)14-30(28(23)33)25-11-10-22(31)12-26(25)32/h3-9,18-19,25H,10-17H2,1-2H3/t18-,19+,25?. The van der Waals surface area contributed by atoms with E-state index < -0.39 is 6.04 Å². The van der Waals surface area contributed by atoms with Crippen molar-refractivity contribution >= 4 is 17.5 Å². The van der Waals surface area contributed by atoms with Crippen molar-refractivity contribution in [1.82, 2.24) is 9.80 Å². The zero-order chi connectivity index (χ0) is 24.5. The van der Waals surface area contributed by atoms with Crippen LogP contribution in [-0.2, 0) is 34.0 Å². The van der Waals surface area contributed by atoms with Crippen molar-refractivity contribution in [2.24, 2.45) is 0 Å². The molecule has 184 valence electrons. The summed E-state index contributed by atoms with van der Waals surface area (Å²) in [6.45, 7) is 7.56. The molecule has 1 aliphatic carbocycles. The Morgan fingerprint density at radius 2 is 1.69 bits per heavy atom. The van der Waals surface area contributed by atoms with Crippen LogP contribution in [0.25, 0.3) is 0 Å². The van der Waals surface area contributed by atoms with Crippen LogP contribution in [0, 0.1) is 0 Å². The number of Topliss-reactive ketones (excluding diaryl/α,β-unsaturated/α-hetero) is 2. The van der Waals surface area contributed by atoms with Gasteiger partial charge in [-0.1, -0.05) is 30.3 Å². The van der Waals surface area contributed by atoms with E-state index in [4.69, 9.17) is 9.47 Å². The largest absolute Gasteiger partial charge is 0.489 e. The lowest BCUT2D eigenvalue weighted by Gasteiger charge is -2.38. The molecule has 5 rings (SSSR count). The van der Waals surface area contributed by atoms with Gasteiger partial charge in [0.25, 0.3) is 5.91 Å². The van der Waals surface area contributed by atoms with E-state index in [-0.39, 0.29) is 23.9 Å². The van der Waals surface area contributed by atoms with Crippen LogP contribution in [0.4, 0.5) is 0 Å². The smallest absolute Gasteiger partial charge is 0.255 e. The third-order valence-corrected chi connectivity index (χ3v) is 7.40. The molecular formula is C28H32N2O5. The van der Waals surface area contributed by atoms with Crippen molar-refractivity contribution in [1.29, 1.82) is 0 Å². The van der Waals surface area contributed by atoms with Crippen molar-refractivity contribution < 1.29 is 23.9 Å². The fraction of sp³-hybridized carbons (Fsp3) is 0.464. The van der Waals surface area contributed by atoms with E-state index in [2.05, 4.69) is 43.0 Å². The van der Waals surface area contributed by atoms with E-state index in [1.54, 1.807) is 11.0 Å². The quantitative estimate of drug-likeness (QED) is 0.594. The van der Waals surface area contributed by atoms with Gasteiger partial charge < -0.3 is 14.4 Å². The van der Waals surface area contributed by atoms with Crippen LogP contribution in [0.5, 0.6) is 5.75 Å². The van der Waals surface area contributed by atoms with Gasteiger partial charge in [-0.25, -0.2) is 0 Å². The van der Waals surface area contributed by atoms with Gasteiger partial charge in [0.2, 0.25) is 0 Å². The van der Waals surface area contributed by atoms with E-state index in [0.717, 1.165) is 30.9 Å². The number of benzene rings is 2. The van der Waals surface area contributed by atoms with Crippen molar-refractivity contribution in [3.05, 3.63) is 64.7 Å². The predicted octanol–water partition coefficient (Wildman–Crippen LogP) is 3.52. The molecule has 35 heavy (non-hydrogen) atoms. The molecular weight excluding hydrogens is 444 g/mol. The maximum absolute atomic E-state index is 13.0. The molecule has 7 nitrogen and oxygen atoms in total. The van der Waals surface area contributed by atoms with Crippen LogP contribution in [0.3, 0.4) is 0 Å². The Hall–Kier alpha value is -3.03. The summed E-state index contributed by atoms with van der Waals surface area (Å²) < 4.78 is 11.8. The lowest BCUT2D eigenvalue weighted by atomic mass is 9.92. The average molecular weight is 477 g/mol. The van der Waals surface area contributed by atoms with Gasteiger partial charge in [-0.3, -0.25) is 19.3 Å². The number of carbonyl (C=O) groups is 3. The van der Waals surface area contributed by atoms with E-state index >= 15 is 0 Å². The number of nitrogens with zero attached hydrogens (tertiary/aromatic N) is 2. The fourth-order valence-corrected chi connectivity index (χ4v) is 5.36. The number of carbonyl (C=O) groups excluding carboxylic acids is 3. The highest BCUT2D eigenvalue weighted by atomic mass is 16.5. The Labute approximate surface area is 206 Å². The molecule has 7 heteroatoms. The maximum atomic E-state index is 13.0. The Morgan fingerprint density at radius 3 is 2.40 bits per heavy atom. The molecule has 0 N–H and O–H groups in total. The van der Waals surface area contributed by atoms with Gasteiger partial charge in [0.15, 0.2) is 5.78 Å². The maximum Gasteiger partial charge on any atom is 0.255 e. The van der Waals surface area contributed by atoms with E-state index in [0.29, 0.717) is 49.4 Å². The molecule has 2 aromatic rings. The third-order valence-electron chi connectivity index (χ3n) is 7.40. The summed E-state index contributed by atoms with van der Waals surface area (Å²) in [7, 11) is 0. The SMILES string of the molecule is C[C@@H]1COC[C@H](C)N1Cc1ccc(COc2cccc3c2CN(C2CCC(=O)CC2=O)C3=O)cc1. The summed E-state index contributed by atoms with van der Waals surface area (Å²) >= 11 is 0. The number of amides is 1. The number of morpholine rings is 1. The van der Waals surface area contributed by atoms with Gasteiger partial charge in [0, 0.05) is 36.2 Å². The van der Waals surface area contributed by atoms with Crippen molar-refractivity contribution in [3.63, 3.8) is 0 Å². The highest BCUT2D eigenvalue weighted by molar-refractivity contribution is 6.07. The third kappa shape index (κ3) is 4.88. The predicted molar refractivity (Wildman–Crippen MR) is 130 cm³/mol. The summed E-state index contributed by atoms with van der Waals surface area (Å²) in [6.07, 6.45) is 0.675. The van der Waals surface area contributed by atoms with Crippen molar-refractivity contribution in [3.8, 4) is 5.75 Å². The molecule has 0 aromatic heterocycles. The van der Waals surface area contributed by atoms with Gasteiger partial charge in [-0.05, 0) is 43.5 Å². The molecule has 2 heterocycles. The summed E-state index contributed by atoms with van der Waals surface area (Å²) in [5.74, 6) is 0.303. The van der Waals surface area contributed by atoms with Gasteiger partial charge in [0.05, 0.1) is 32.2 Å². The van der Waals surface area contributed by atoms with Crippen LogP contribution >= 0.6 is 0 Å². The summed E-state index contributed by atoms with van der Waals surface area (Å²) in [6, 6.07) is 14.2. The van der Waals surface area contributed by atoms with Crippen LogP contribution in [0.15, 0.2) is 42.5 Å². The minimum absolute atomic E-state index is 0.0422. The Balaban J connectivity index is 1.23. The van der Waals surface area contributed by atoms with Crippen molar-refractivity contribution in [2.75, 3.05) is 13.2 Å². The lowest BCUT2D eigenvalue weighted by Crippen LogP contribution is -2.48. The molecule has 0 radical (unpaired) electrons. The Morgan fingerprint density at radius 1 is 0.971 bits per heavy atom. The van der Waals surface area contributed by atoms with Gasteiger partial charge >= 0.3 is 0 Å². The van der Waals surface area contributed by atoms with Gasteiger partial charge in [0.1, 0.15) is 18.1 Å². The Bertz CT molecular complexity index is 1120. The molecule has 0 spiro atoms. The number of fused-ring (bicyclic) bond motifs is 1. The van der Waals surface area contributed by atoms with E-state index in [9.17, 15) is 14.4 Å². The molecule has 1 saturated heterocycles. The number of rotatable bonds is 6. The topological polar surface area (TPSA) is 76.2 Å². The first-order chi connectivity index (χ1) is 16.9. The van der Waals surface area contributed by atoms with Crippen LogP contribution < -0.4 is 4.74 Å². The second-order valence-electron chi connectivity index (χ2n) is 9.96. The number of ketones is 2. The molecule has 3 atom stereocenters. The minimum Gasteiger partial charge on any atom is -0.489 e. The number of hydrogen-bond acceptors (Lipinski definition) is 6. The second kappa shape index (κ2) is 9.91. The molecule has 1 saturated carbocycles. The average Bonchev–Trinajstić information content (AvgIpc) is 3.18. The Kier molecular flexibility index (Phi) is 6.71. The first-order valence-corrected chi connectivity index (χ1v) is 12.4. The molecule has 2 aromatic carbocycles. The van der Waals surface area contributed by atoms with E-state index in [1.165, 1.54) is 5.56 Å². The first kappa shape index (κ1) is 23.7. The summed E-state index contributed by atoms with van der Waals surface area (Å²) in [5.41, 5.74) is 3.70. The lowest BCUT2D eigenvalue weighted by molar-refractivity contribution is -0.133. The molecule has 1 amide bonds. The highest BCUT2D eigenvalue weighted by Crippen LogP contribution is 2.34. The normalized spacial score (nSPS) is 25.1. The molecule has 0 bridgehead atoms. The van der Waals surface area contributed by atoms with E-state index in [1.807, 2.05) is 12.1 Å². The zero-order valence-corrected chi connectivity index (χ0v) is 20.4. The van der Waals surface area contributed by atoms with Crippen LogP contribution in [-0.4, -0.2) is 58.6 Å². The minimum atomic E-state index is -0.523. The van der Waals surface area contributed by atoms with Crippen LogP contribution in [0.1, 0.15) is 60.2 Å². The van der Waals surface area contributed by atoms with Crippen molar-refractivity contribution in [2.45, 2.75) is 70.9 Å². The van der Waals surface area contributed by atoms with Crippen LogP contribution in [0.2, 0.25) is 0 Å².